The van der Waals surface area contributed by atoms with Crippen LogP contribution in [0.4, 0.5) is 0 Å². The Kier molecular flexibility index (Phi) is 2.82. The molecule has 0 aromatic carbocycles. The molecule has 0 atom stereocenters. The molecule has 0 aromatic heterocycles. The highest BCUT2D eigenvalue weighted by molar-refractivity contribution is 7.49. The number of nitrogens with zero attached hydrogens (tertiary/aromatic N) is 1. The Hall–Kier alpha value is 0.270. The minimum absolute atomic E-state index is 0.771. The summed E-state index contributed by atoms with van der Waals surface area (Å²) in [6.45, 7) is 3.32. The van der Waals surface area contributed by atoms with Crippen LogP contribution in [0.15, 0.2) is 0 Å². The van der Waals surface area contributed by atoms with Crippen molar-refractivity contribution in [1.29, 1.82) is 0 Å². The van der Waals surface area contributed by atoms with E-state index in [1.807, 2.05) is 0 Å². The second-order valence-electron chi connectivity index (χ2n) is 1.95. The van der Waals surface area contributed by atoms with E-state index in [-0.39, 0.29) is 0 Å². The summed E-state index contributed by atoms with van der Waals surface area (Å²) in [5, 5.41) is 0. The van der Waals surface area contributed by atoms with Gasteiger partial charge in [-0.3, -0.25) is 15.7 Å². The molecule has 0 bridgehead atoms. The van der Waals surface area contributed by atoms with Crippen LogP contribution in [0, 0.1) is 0 Å². The van der Waals surface area contributed by atoms with Gasteiger partial charge in [0.15, 0.2) is 0 Å². The van der Waals surface area contributed by atoms with Crippen molar-refractivity contribution >= 4 is 8.37 Å². The van der Waals surface area contributed by atoms with Gasteiger partial charge in [0, 0.05) is 13.1 Å². The van der Waals surface area contributed by atoms with Gasteiger partial charge in [-0.15, -0.1) is 0 Å². The molecule has 5 heteroatoms. The molecule has 0 amide bonds. The molecule has 0 spiro atoms. The predicted octanol–water partition coefficient (Wildman–Crippen LogP) is -0.537. The smallest absolute Gasteiger partial charge is 0.108 e. The lowest BCUT2D eigenvalue weighted by molar-refractivity contribution is 0.0747. The van der Waals surface area contributed by atoms with E-state index in [0.717, 1.165) is 26.3 Å². The van der Waals surface area contributed by atoms with Crippen LogP contribution in [0.3, 0.4) is 0 Å². The minimum Gasteiger partial charge on any atom is -0.379 e. The van der Waals surface area contributed by atoms with Crippen LogP contribution < -0.4 is 11.0 Å². The summed E-state index contributed by atoms with van der Waals surface area (Å²) < 4.78 is 7.16. The highest BCUT2D eigenvalue weighted by Gasteiger charge is 2.13. The zero-order valence-electron chi connectivity index (χ0n) is 5.29. The van der Waals surface area contributed by atoms with Crippen molar-refractivity contribution in [3.63, 3.8) is 0 Å². The summed E-state index contributed by atoms with van der Waals surface area (Å²) in [6.07, 6.45) is 0. The highest BCUT2D eigenvalue weighted by Crippen LogP contribution is 2.21. The van der Waals surface area contributed by atoms with E-state index < -0.39 is 8.37 Å². The molecule has 0 unspecified atom stereocenters. The fourth-order valence-corrected chi connectivity index (χ4v) is 1.41. The van der Waals surface area contributed by atoms with Crippen LogP contribution in [-0.2, 0) is 4.74 Å². The Bertz CT molecular complexity index is 83.9. The summed E-state index contributed by atoms with van der Waals surface area (Å²) >= 11 is 0. The van der Waals surface area contributed by atoms with Crippen molar-refractivity contribution in [3.8, 4) is 0 Å². The zero-order valence-corrected chi connectivity index (χ0v) is 6.18. The van der Waals surface area contributed by atoms with Crippen LogP contribution in [-0.4, -0.2) is 31.0 Å². The molecule has 9 heavy (non-hydrogen) atoms. The zero-order chi connectivity index (χ0) is 6.69. The molecule has 0 radical (unpaired) electrons. The van der Waals surface area contributed by atoms with E-state index in [2.05, 4.69) is 4.67 Å². The lowest BCUT2D eigenvalue weighted by atomic mass is 10.5. The lowest BCUT2D eigenvalue weighted by Crippen LogP contribution is -2.36. The van der Waals surface area contributed by atoms with Crippen molar-refractivity contribution in [3.05, 3.63) is 0 Å². The van der Waals surface area contributed by atoms with Crippen molar-refractivity contribution in [2.45, 2.75) is 0 Å². The van der Waals surface area contributed by atoms with Crippen LogP contribution in [0.25, 0.3) is 0 Å². The van der Waals surface area contributed by atoms with Crippen molar-refractivity contribution in [1.82, 2.24) is 4.67 Å². The van der Waals surface area contributed by atoms with Crippen molar-refractivity contribution in [2.75, 3.05) is 26.3 Å². The number of hydrogen-bond donors (Lipinski definition) is 2. The van der Waals surface area contributed by atoms with Crippen molar-refractivity contribution < 1.29 is 4.74 Å². The van der Waals surface area contributed by atoms with Gasteiger partial charge < -0.3 is 4.74 Å². The van der Waals surface area contributed by atoms with Crippen LogP contribution in [0.1, 0.15) is 0 Å². The maximum atomic E-state index is 5.48. The monoisotopic (exact) mass is 149 g/mol. The first kappa shape index (κ1) is 7.38. The molecule has 0 saturated carbocycles. The van der Waals surface area contributed by atoms with E-state index in [4.69, 9.17) is 15.7 Å². The molecular weight excluding hydrogens is 137 g/mol. The second kappa shape index (κ2) is 3.44. The molecule has 1 aliphatic heterocycles. The predicted molar refractivity (Wildman–Crippen MR) is 37.7 cm³/mol. The standard InChI is InChI=1S/C4H12N3OP/c5-9(6)7-1-3-8-4-2-7/h1-6H2. The van der Waals surface area contributed by atoms with E-state index in [1.165, 1.54) is 0 Å². The van der Waals surface area contributed by atoms with Gasteiger partial charge in [0.05, 0.1) is 13.2 Å². The fraction of sp³-hybridized carbons (Fsp3) is 1.00. The molecule has 4 nitrogen and oxygen atoms in total. The summed E-state index contributed by atoms with van der Waals surface area (Å²) in [7, 11) is -0.865. The van der Waals surface area contributed by atoms with Crippen LogP contribution in [0.2, 0.25) is 0 Å². The van der Waals surface area contributed by atoms with Gasteiger partial charge in [0.25, 0.3) is 0 Å². The van der Waals surface area contributed by atoms with E-state index in [9.17, 15) is 0 Å². The Morgan fingerprint density at radius 1 is 1.22 bits per heavy atom. The third kappa shape index (κ3) is 2.16. The largest absolute Gasteiger partial charge is 0.379 e. The van der Waals surface area contributed by atoms with Gasteiger partial charge >= 0.3 is 0 Å². The van der Waals surface area contributed by atoms with Gasteiger partial charge in [-0.2, -0.15) is 0 Å². The fourth-order valence-electron chi connectivity index (χ4n) is 0.785. The van der Waals surface area contributed by atoms with Crippen LogP contribution in [0.5, 0.6) is 0 Å². The summed E-state index contributed by atoms with van der Waals surface area (Å²) in [6, 6.07) is 0. The number of ether oxygens (including phenoxy) is 1. The first-order valence-electron chi connectivity index (χ1n) is 2.93. The summed E-state index contributed by atoms with van der Waals surface area (Å²) in [5.41, 5.74) is 11.0. The highest BCUT2D eigenvalue weighted by atomic mass is 31.1. The molecule has 1 aliphatic rings. The lowest BCUT2D eigenvalue weighted by Gasteiger charge is -2.28. The number of morpholine rings is 1. The molecule has 4 N–H and O–H groups in total. The maximum absolute atomic E-state index is 5.48. The Labute approximate surface area is 56.0 Å². The molecule has 1 fully saturated rings. The maximum Gasteiger partial charge on any atom is 0.108 e. The Morgan fingerprint density at radius 3 is 2.11 bits per heavy atom. The van der Waals surface area contributed by atoms with Crippen molar-refractivity contribution in [2.24, 2.45) is 11.0 Å². The first-order valence-corrected chi connectivity index (χ1v) is 4.36. The van der Waals surface area contributed by atoms with E-state index in [1.54, 1.807) is 0 Å². The van der Waals surface area contributed by atoms with Gasteiger partial charge in [0.2, 0.25) is 0 Å². The molecule has 0 aromatic rings. The number of rotatable bonds is 1. The summed E-state index contributed by atoms with van der Waals surface area (Å²) in [5.74, 6) is 0. The van der Waals surface area contributed by atoms with Gasteiger partial charge in [-0.25, -0.2) is 0 Å². The molecule has 1 saturated heterocycles. The normalized spacial score (nSPS) is 23.0. The Balaban J connectivity index is 2.23. The van der Waals surface area contributed by atoms with Gasteiger partial charge in [-0.1, -0.05) is 0 Å². The third-order valence-corrected chi connectivity index (χ3v) is 2.37. The third-order valence-electron chi connectivity index (χ3n) is 1.31. The molecular formula is C4H12N3OP. The number of nitrogens with two attached hydrogens (primary N) is 2. The average Bonchev–Trinajstić information content (AvgIpc) is 1.90. The molecule has 54 valence electrons. The topological polar surface area (TPSA) is 64.5 Å². The molecule has 1 heterocycles. The average molecular weight is 149 g/mol. The van der Waals surface area contributed by atoms with Gasteiger partial charge in [0.1, 0.15) is 8.37 Å². The SMILES string of the molecule is NP(N)N1CCOCC1. The molecule has 1 rings (SSSR count). The van der Waals surface area contributed by atoms with E-state index >= 15 is 0 Å². The molecule has 0 aliphatic carbocycles. The Morgan fingerprint density at radius 2 is 1.78 bits per heavy atom. The van der Waals surface area contributed by atoms with E-state index in [0.29, 0.717) is 0 Å². The minimum atomic E-state index is -0.865. The van der Waals surface area contributed by atoms with Gasteiger partial charge in [-0.05, 0) is 0 Å². The first-order chi connectivity index (χ1) is 4.30. The quantitative estimate of drug-likeness (QED) is 0.491. The number of hydrogen-bond acceptors (Lipinski definition) is 4. The summed E-state index contributed by atoms with van der Waals surface area (Å²) in [4.78, 5) is 0. The van der Waals surface area contributed by atoms with Crippen LogP contribution >= 0.6 is 8.37 Å². The second-order valence-corrected chi connectivity index (χ2v) is 3.27.